The van der Waals surface area contributed by atoms with E-state index in [1.54, 1.807) is 0 Å². The zero-order chi connectivity index (χ0) is 6.69. The number of rotatable bonds is 2. The van der Waals surface area contributed by atoms with E-state index in [0.717, 1.165) is 19.6 Å². The van der Waals surface area contributed by atoms with Crippen LogP contribution in [0, 0.1) is 0 Å². The second-order valence-electron chi connectivity index (χ2n) is 1.96. The molecule has 0 fully saturated rings. The Balaban J connectivity index is 2.34. The molecule has 9 heavy (non-hydrogen) atoms. The van der Waals surface area contributed by atoms with E-state index in [0.29, 0.717) is 5.29 Å². The minimum Gasteiger partial charge on any atom is -0.327 e. The van der Waals surface area contributed by atoms with Crippen LogP contribution in [-0.2, 0) is 0 Å². The highest BCUT2D eigenvalue weighted by Gasteiger charge is 2.11. The van der Waals surface area contributed by atoms with Gasteiger partial charge in [-0.25, -0.2) is 0 Å². The van der Waals surface area contributed by atoms with Crippen LogP contribution in [0.15, 0.2) is 5.10 Å². The first-order valence-corrected chi connectivity index (χ1v) is 3.43. The van der Waals surface area contributed by atoms with Gasteiger partial charge >= 0.3 is 0 Å². The van der Waals surface area contributed by atoms with Crippen LogP contribution in [0.4, 0.5) is 0 Å². The second kappa shape index (κ2) is 2.92. The van der Waals surface area contributed by atoms with Gasteiger partial charge in [0.1, 0.15) is 6.67 Å². The summed E-state index contributed by atoms with van der Waals surface area (Å²) in [4.78, 5) is 1.99. The summed E-state index contributed by atoms with van der Waals surface area (Å²) in [5, 5.41) is 4.37. The Bertz CT molecular complexity index is 123. The summed E-state index contributed by atoms with van der Waals surface area (Å²) >= 11 is 5.67. The first-order valence-electron chi connectivity index (χ1n) is 3.05. The van der Waals surface area contributed by atoms with E-state index in [4.69, 9.17) is 11.6 Å². The number of nitrogens with one attached hydrogen (secondary N) is 1. The van der Waals surface area contributed by atoms with Crippen molar-refractivity contribution in [3.8, 4) is 0 Å². The fraction of sp³-hybridized carbons (Fsp3) is 0.800. The molecule has 0 aromatic heterocycles. The van der Waals surface area contributed by atoms with Crippen LogP contribution >= 0.6 is 11.6 Å². The smallest absolute Gasteiger partial charge is 0.218 e. The van der Waals surface area contributed by atoms with Gasteiger partial charge in [0.2, 0.25) is 5.29 Å². The molecule has 0 amide bonds. The van der Waals surface area contributed by atoms with Crippen LogP contribution < -0.4 is 5.43 Å². The van der Waals surface area contributed by atoms with Crippen LogP contribution in [0.25, 0.3) is 0 Å². The van der Waals surface area contributed by atoms with E-state index in [2.05, 4.69) is 17.5 Å². The van der Waals surface area contributed by atoms with Gasteiger partial charge in [-0.1, -0.05) is 6.92 Å². The third kappa shape index (κ3) is 1.48. The van der Waals surface area contributed by atoms with Crippen LogP contribution in [0.5, 0.6) is 0 Å². The lowest BCUT2D eigenvalue weighted by atomic mass is 10.5. The highest BCUT2D eigenvalue weighted by Crippen LogP contribution is 2.01. The Hall–Kier alpha value is -0.440. The molecule has 0 saturated carbocycles. The zero-order valence-electron chi connectivity index (χ0n) is 5.39. The molecule has 1 N–H and O–H groups in total. The van der Waals surface area contributed by atoms with Crippen LogP contribution in [-0.4, -0.2) is 23.4 Å². The number of halogens is 1. The topological polar surface area (TPSA) is 27.6 Å². The highest BCUT2D eigenvalue weighted by molar-refractivity contribution is 6.64. The predicted molar refractivity (Wildman–Crippen MR) is 38.3 cm³/mol. The summed E-state index contributed by atoms with van der Waals surface area (Å²) in [5.41, 5.74) is 2.79. The fourth-order valence-electron chi connectivity index (χ4n) is 0.763. The summed E-state index contributed by atoms with van der Waals surface area (Å²) < 4.78 is 0. The summed E-state index contributed by atoms with van der Waals surface area (Å²) in [6.45, 7) is 3.85. The monoisotopic (exact) mass is 147 g/mol. The first-order chi connectivity index (χ1) is 4.34. The minimum atomic E-state index is 0.580. The number of amidine groups is 1. The van der Waals surface area contributed by atoms with Gasteiger partial charge in [0.25, 0.3) is 0 Å². The third-order valence-electron chi connectivity index (χ3n) is 1.19. The Morgan fingerprint density at radius 1 is 1.89 bits per heavy atom. The maximum Gasteiger partial charge on any atom is 0.218 e. The van der Waals surface area contributed by atoms with Crippen molar-refractivity contribution in [2.45, 2.75) is 13.3 Å². The average molecular weight is 148 g/mol. The average Bonchev–Trinajstić information content (AvgIpc) is 2.18. The molecule has 0 spiro atoms. The number of hydrazone groups is 1. The van der Waals surface area contributed by atoms with Crippen molar-refractivity contribution < 1.29 is 0 Å². The van der Waals surface area contributed by atoms with E-state index < -0.39 is 0 Å². The van der Waals surface area contributed by atoms with Crippen molar-refractivity contribution in [3.63, 3.8) is 0 Å². The molecule has 0 bridgehead atoms. The van der Waals surface area contributed by atoms with Crippen molar-refractivity contribution in [2.75, 3.05) is 13.2 Å². The number of hydrogen-bond acceptors (Lipinski definition) is 3. The minimum absolute atomic E-state index is 0.580. The molecule has 0 atom stereocenters. The van der Waals surface area contributed by atoms with E-state index in [1.807, 2.05) is 4.90 Å². The van der Waals surface area contributed by atoms with Gasteiger partial charge in [0.05, 0.1) is 0 Å². The quantitative estimate of drug-likeness (QED) is 0.585. The van der Waals surface area contributed by atoms with Crippen LogP contribution in [0.3, 0.4) is 0 Å². The van der Waals surface area contributed by atoms with E-state index in [9.17, 15) is 0 Å². The molecule has 1 aliphatic rings. The molecular formula is C5H10ClN3. The van der Waals surface area contributed by atoms with Crippen molar-refractivity contribution in [1.82, 2.24) is 10.3 Å². The van der Waals surface area contributed by atoms with Gasteiger partial charge in [-0.3, -0.25) is 5.43 Å². The van der Waals surface area contributed by atoms with Gasteiger partial charge < -0.3 is 4.90 Å². The molecule has 0 saturated heterocycles. The van der Waals surface area contributed by atoms with Crippen molar-refractivity contribution in [3.05, 3.63) is 0 Å². The van der Waals surface area contributed by atoms with Crippen molar-refractivity contribution >= 4 is 16.9 Å². The summed E-state index contributed by atoms with van der Waals surface area (Å²) in [6.07, 6.45) is 1.10. The molecule has 1 rings (SSSR count). The largest absolute Gasteiger partial charge is 0.327 e. The van der Waals surface area contributed by atoms with E-state index in [-0.39, 0.29) is 0 Å². The summed E-state index contributed by atoms with van der Waals surface area (Å²) in [5.74, 6) is 0. The predicted octanol–water partition coefficient (Wildman–Crippen LogP) is 0.769. The Kier molecular flexibility index (Phi) is 2.16. The molecule has 0 aliphatic carbocycles. The standard InChI is InChI=1S/C5H10ClN3/c1-2-3-9-4-7-8-5(9)6/h7H,2-4H2,1H3. The highest BCUT2D eigenvalue weighted by atomic mass is 35.5. The first kappa shape index (κ1) is 6.68. The molecule has 0 unspecified atom stereocenters. The number of nitrogens with zero attached hydrogens (tertiary/aromatic N) is 2. The zero-order valence-corrected chi connectivity index (χ0v) is 6.15. The summed E-state index contributed by atoms with van der Waals surface area (Å²) in [6, 6.07) is 0. The van der Waals surface area contributed by atoms with E-state index in [1.165, 1.54) is 0 Å². The van der Waals surface area contributed by atoms with Crippen LogP contribution in [0.2, 0.25) is 0 Å². The second-order valence-corrected chi connectivity index (χ2v) is 2.30. The van der Waals surface area contributed by atoms with Gasteiger partial charge in [-0.2, -0.15) is 0 Å². The maximum absolute atomic E-state index is 5.67. The number of hydrogen-bond donors (Lipinski definition) is 1. The lowest BCUT2D eigenvalue weighted by Gasteiger charge is -2.12. The third-order valence-corrected chi connectivity index (χ3v) is 1.51. The Morgan fingerprint density at radius 3 is 3.11 bits per heavy atom. The van der Waals surface area contributed by atoms with Gasteiger partial charge in [0.15, 0.2) is 0 Å². The SMILES string of the molecule is CCCN1CNN=C1Cl. The van der Waals surface area contributed by atoms with Crippen molar-refractivity contribution in [1.29, 1.82) is 0 Å². The van der Waals surface area contributed by atoms with Crippen molar-refractivity contribution in [2.24, 2.45) is 5.10 Å². The molecule has 0 aromatic rings. The molecule has 4 heteroatoms. The lowest BCUT2D eigenvalue weighted by molar-refractivity contribution is 0.428. The van der Waals surface area contributed by atoms with Crippen LogP contribution in [0.1, 0.15) is 13.3 Å². The molecule has 1 aliphatic heterocycles. The molecule has 1 heterocycles. The van der Waals surface area contributed by atoms with Gasteiger partial charge in [-0.05, 0) is 18.0 Å². The molecule has 52 valence electrons. The molecular weight excluding hydrogens is 138 g/mol. The van der Waals surface area contributed by atoms with Gasteiger partial charge in [-0.15, -0.1) is 5.10 Å². The molecule has 0 radical (unpaired) electrons. The molecule has 0 aromatic carbocycles. The summed E-state index contributed by atoms with van der Waals surface area (Å²) in [7, 11) is 0. The maximum atomic E-state index is 5.67. The lowest BCUT2D eigenvalue weighted by Crippen LogP contribution is -2.27. The van der Waals surface area contributed by atoms with E-state index >= 15 is 0 Å². The normalized spacial score (nSPS) is 17.6. The fourth-order valence-corrected chi connectivity index (χ4v) is 0.967. The van der Waals surface area contributed by atoms with Gasteiger partial charge in [0, 0.05) is 6.54 Å². The Labute approximate surface area is 59.7 Å². The molecule has 3 nitrogen and oxygen atoms in total. The Morgan fingerprint density at radius 2 is 2.67 bits per heavy atom.